The highest BCUT2D eigenvalue weighted by Gasteiger charge is 2.28. The van der Waals surface area contributed by atoms with Crippen LogP contribution in [-0.4, -0.2) is 29.0 Å². The normalized spacial score (nSPS) is 24.2. The molecule has 1 heterocycles. The molecule has 0 amide bonds. The van der Waals surface area contributed by atoms with Crippen molar-refractivity contribution in [3.63, 3.8) is 0 Å². The molecule has 3 nitrogen and oxygen atoms in total. The van der Waals surface area contributed by atoms with Gasteiger partial charge in [-0.3, -0.25) is 0 Å². The Kier molecular flexibility index (Phi) is 10.4. The molecule has 4 heteroatoms. The van der Waals surface area contributed by atoms with E-state index in [9.17, 15) is 0 Å². The summed E-state index contributed by atoms with van der Waals surface area (Å²) in [5.41, 5.74) is 11.5. The maximum atomic E-state index is 4.91. The Hall–Kier alpha value is -1.05. The van der Waals surface area contributed by atoms with Crippen LogP contribution >= 0.6 is 12.2 Å². The van der Waals surface area contributed by atoms with Gasteiger partial charge in [-0.2, -0.15) is 0 Å². The predicted molar refractivity (Wildman–Crippen MR) is 122 cm³/mol. The lowest BCUT2D eigenvalue weighted by Crippen LogP contribution is -2.30. The van der Waals surface area contributed by atoms with Crippen molar-refractivity contribution in [1.29, 1.82) is 0 Å². The van der Waals surface area contributed by atoms with E-state index in [1.54, 1.807) is 0 Å². The largest absolute Gasteiger partial charge is 0.392 e. The van der Waals surface area contributed by atoms with Gasteiger partial charge in [-0.1, -0.05) is 65.3 Å². The molecule has 0 bridgehead atoms. The molecule has 2 fully saturated rings. The van der Waals surface area contributed by atoms with Crippen LogP contribution in [0, 0.1) is 29.1 Å². The van der Waals surface area contributed by atoms with E-state index < -0.39 is 0 Å². The molecule has 0 aromatic carbocycles. The van der Waals surface area contributed by atoms with E-state index in [1.165, 1.54) is 50.8 Å². The van der Waals surface area contributed by atoms with E-state index in [-0.39, 0.29) is 0 Å². The second kappa shape index (κ2) is 11.7. The lowest BCUT2D eigenvalue weighted by atomic mass is 9.73. The first-order valence-electron chi connectivity index (χ1n) is 10.6. The summed E-state index contributed by atoms with van der Waals surface area (Å²) >= 11 is 4.35. The zero-order chi connectivity index (χ0) is 20.4. The molecule has 1 unspecified atom stereocenters. The van der Waals surface area contributed by atoms with Crippen molar-refractivity contribution in [2.75, 3.05) is 13.1 Å². The van der Waals surface area contributed by atoms with Crippen molar-refractivity contribution >= 4 is 17.2 Å². The standard InChI is InChI=1S/C21H35N.C2H6N2S/c1-6-9-18-14-19(15-18)10-7-11-20-12-8-13-22(20)17(2)16-21(3,4)5;3-1-2(4)5/h18-20H,2,6,8-9,11-16H2,1,3-5H3;1,3H2,(H2,4,5). The second-order valence-corrected chi connectivity index (χ2v) is 9.84. The van der Waals surface area contributed by atoms with E-state index >= 15 is 0 Å². The highest BCUT2D eigenvalue weighted by molar-refractivity contribution is 7.80. The fourth-order valence-electron chi connectivity index (χ4n) is 4.00. The fourth-order valence-corrected chi connectivity index (χ4v) is 4.00. The second-order valence-electron chi connectivity index (χ2n) is 9.31. The summed E-state index contributed by atoms with van der Waals surface area (Å²) in [6.07, 6.45) is 10.2. The molecule has 1 aliphatic carbocycles. The maximum Gasteiger partial charge on any atom is 0.0865 e. The lowest BCUT2D eigenvalue weighted by Gasteiger charge is -2.32. The van der Waals surface area contributed by atoms with Crippen LogP contribution in [0.15, 0.2) is 12.3 Å². The van der Waals surface area contributed by atoms with Gasteiger partial charge in [-0.05, 0) is 43.4 Å². The molecule has 4 N–H and O–H groups in total. The van der Waals surface area contributed by atoms with Crippen LogP contribution in [0.1, 0.15) is 79.1 Å². The summed E-state index contributed by atoms with van der Waals surface area (Å²) in [4.78, 5) is 2.91. The molecular formula is C23H41N3S. The highest BCUT2D eigenvalue weighted by Crippen LogP contribution is 2.36. The Morgan fingerprint density at radius 3 is 2.44 bits per heavy atom. The van der Waals surface area contributed by atoms with E-state index in [4.69, 9.17) is 11.5 Å². The average Bonchev–Trinajstić information content (AvgIpc) is 3.00. The van der Waals surface area contributed by atoms with E-state index in [2.05, 4.69) is 63.2 Å². The molecule has 0 aromatic heterocycles. The molecule has 1 atom stereocenters. The van der Waals surface area contributed by atoms with E-state index in [0.29, 0.717) is 28.9 Å². The maximum absolute atomic E-state index is 4.91. The molecule has 1 saturated carbocycles. The molecular weight excluding hydrogens is 350 g/mol. The average molecular weight is 392 g/mol. The molecule has 0 spiro atoms. The predicted octanol–water partition coefficient (Wildman–Crippen LogP) is 4.85. The minimum absolute atomic E-state index is 0.315. The molecule has 2 aliphatic rings. The van der Waals surface area contributed by atoms with Crippen LogP contribution in [0.3, 0.4) is 0 Å². The molecule has 1 aliphatic heterocycles. The van der Waals surface area contributed by atoms with Crippen molar-refractivity contribution in [1.82, 2.24) is 4.90 Å². The summed E-state index contributed by atoms with van der Waals surface area (Å²) in [6.45, 7) is 15.0. The monoisotopic (exact) mass is 391 g/mol. The quantitative estimate of drug-likeness (QED) is 0.502. The van der Waals surface area contributed by atoms with Crippen LogP contribution in [0.5, 0.6) is 0 Å². The number of hydrogen-bond acceptors (Lipinski definition) is 3. The smallest absolute Gasteiger partial charge is 0.0865 e. The Morgan fingerprint density at radius 1 is 1.30 bits per heavy atom. The Bertz CT molecular complexity index is 532. The van der Waals surface area contributed by atoms with Crippen molar-refractivity contribution in [3.8, 4) is 11.8 Å². The fraction of sp³-hybridized carbons (Fsp3) is 0.783. The van der Waals surface area contributed by atoms with Gasteiger partial charge in [0.2, 0.25) is 0 Å². The minimum Gasteiger partial charge on any atom is -0.392 e. The van der Waals surface area contributed by atoms with Gasteiger partial charge in [0.1, 0.15) is 0 Å². The van der Waals surface area contributed by atoms with Gasteiger partial charge >= 0.3 is 0 Å². The summed E-state index contributed by atoms with van der Waals surface area (Å²) in [5, 5.41) is 0. The van der Waals surface area contributed by atoms with Gasteiger partial charge in [0.05, 0.1) is 4.99 Å². The molecule has 1 saturated heterocycles. The summed E-state index contributed by atoms with van der Waals surface area (Å²) in [6, 6.07) is 0.619. The third-order valence-electron chi connectivity index (χ3n) is 5.30. The first-order valence-corrected chi connectivity index (χ1v) is 11.0. The lowest BCUT2D eigenvalue weighted by molar-refractivity contribution is 0.231. The zero-order valence-corrected chi connectivity index (χ0v) is 18.8. The van der Waals surface area contributed by atoms with Crippen LogP contribution in [0.4, 0.5) is 0 Å². The number of rotatable bonds is 6. The zero-order valence-electron chi connectivity index (χ0n) is 18.0. The Balaban J connectivity index is 0.000000646. The van der Waals surface area contributed by atoms with Gasteiger partial charge < -0.3 is 16.4 Å². The molecule has 0 aromatic rings. The molecule has 154 valence electrons. The van der Waals surface area contributed by atoms with Crippen molar-refractivity contribution in [3.05, 3.63) is 12.3 Å². The Morgan fingerprint density at radius 2 is 1.93 bits per heavy atom. The van der Waals surface area contributed by atoms with Gasteiger partial charge in [0.15, 0.2) is 0 Å². The third-order valence-corrected chi connectivity index (χ3v) is 5.46. The summed E-state index contributed by atoms with van der Waals surface area (Å²) in [7, 11) is 0. The number of allylic oxidation sites excluding steroid dienone is 1. The van der Waals surface area contributed by atoms with Gasteiger partial charge in [0, 0.05) is 37.2 Å². The topological polar surface area (TPSA) is 55.3 Å². The van der Waals surface area contributed by atoms with Crippen molar-refractivity contribution in [2.45, 2.75) is 85.1 Å². The Labute approximate surface area is 173 Å². The summed E-state index contributed by atoms with van der Waals surface area (Å²) in [5.74, 6) is 8.71. The van der Waals surface area contributed by atoms with Crippen LogP contribution in [0.2, 0.25) is 0 Å². The number of likely N-dealkylation sites (tertiary alicyclic amines) is 1. The molecule has 27 heavy (non-hydrogen) atoms. The SMILES string of the molecule is C=C(CC(C)(C)C)N1CCCC1CC#CC1CC(CCC)C1.NCC(N)=S. The van der Waals surface area contributed by atoms with E-state index in [0.717, 1.165) is 18.8 Å². The highest BCUT2D eigenvalue weighted by atomic mass is 32.1. The van der Waals surface area contributed by atoms with Gasteiger partial charge in [-0.15, -0.1) is 5.92 Å². The minimum atomic E-state index is 0.315. The third kappa shape index (κ3) is 9.63. The van der Waals surface area contributed by atoms with Crippen LogP contribution in [0.25, 0.3) is 0 Å². The molecule has 0 radical (unpaired) electrons. The number of nitrogens with two attached hydrogens (primary N) is 2. The van der Waals surface area contributed by atoms with E-state index in [1.807, 2.05) is 0 Å². The first kappa shape index (κ1) is 24.0. The number of nitrogens with zero attached hydrogens (tertiary/aromatic N) is 1. The first-order chi connectivity index (χ1) is 12.7. The number of hydrogen-bond donors (Lipinski definition) is 2. The van der Waals surface area contributed by atoms with Crippen LogP contribution in [-0.2, 0) is 0 Å². The molecule has 2 rings (SSSR count). The summed E-state index contributed by atoms with van der Waals surface area (Å²) < 4.78 is 0. The van der Waals surface area contributed by atoms with Gasteiger partial charge in [-0.25, -0.2) is 0 Å². The number of thiocarbonyl (C=S) groups is 1. The van der Waals surface area contributed by atoms with Gasteiger partial charge in [0.25, 0.3) is 0 Å². The van der Waals surface area contributed by atoms with Crippen molar-refractivity contribution in [2.24, 2.45) is 28.7 Å². The van der Waals surface area contributed by atoms with Crippen LogP contribution < -0.4 is 11.5 Å². The van der Waals surface area contributed by atoms with Crippen molar-refractivity contribution < 1.29 is 0 Å².